The average molecular weight is 394 g/mol. The third-order valence-corrected chi connectivity index (χ3v) is 5.06. The first-order chi connectivity index (χ1) is 13.5. The molecule has 1 amide bonds. The van der Waals surface area contributed by atoms with Gasteiger partial charge in [0.1, 0.15) is 0 Å². The zero-order valence-corrected chi connectivity index (χ0v) is 16.7. The third-order valence-electron chi connectivity index (χ3n) is 4.30. The number of amides is 1. The van der Waals surface area contributed by atoms with Gasteiger partial charge >= 0.3 is 5.97 Å². The molecule has 0 radical (unpaired) electrons. The van der Waals surface area contributed by atoms with Gasteiger partial charge in [0.2, 0.25) is 0 Å². The van der Waals surface area contributed by atoms with E-state index in [0.29, 0.717) is 5.13 Å². The lowest BCUT2D eigenvalue weighted by atomic mass is 9.98. The van der Waals surface area contributed by atoms with Crippen LogP contribution in [-0.4, -0.2) is 23.5 Å². The SMILES string of the molecule is Cc1ccc(-c2csc(NC(=O)COC(=O)C[C@@H](C)c3ccccc3)n2)cc1. The molecule has 0 fully saturated rings. The van der Waals surface area contributed by atoms with E-state index in [9.17, 15) is 9.59 Å². The molecule has 0 aliphatic rings. The highest BCUT2D eigenvalue weighted by Crippen LogP contribution is 2.25. The van der Waals surface area contributed by atoms with Crippen molar-refractivity contribution < 1.29 is 14.3 Å². The largest absolute Gasteiger partial charge is 0.456 e. The molecule has 28 heavy (non-hydrogen) atoms. The van der Waals surface area contributed by atoms with Crippen LogP contribution in [-0.2, 0) is 14.3 Å². The van der Waals surface area contributed by atoms with Crippen LogP contribution in [0.2, 0.25) is 0 Å². The number of benzene rings is 2. The minimum Gasteiger partial charge on any atom is -0.456 e. The Morgan fingerprint density at radius 2 is 1.82 bits per heavy atom. The lowest BCUT2D eigenvalue weighted by Crippen LogP contribution is -2.21. The summed E-state index contributed by atoms with van der Waals surface area (Å²) in [5, 5.41) is 5.04. The quantitative estimate of drug-likeness (QED) is 0.585. The van der Waals surface area contributed by atoms with Crippen molar-refractivity contribution >= 4 is 28.3 Å². The number of nitrogens with zero attached hydrogens (tertiary/aromatic N) is 1. The number of carbonyl (C=O) groups excluding carboxylic acids is 2. The van der Waals surface area contributed by atoms with E-state index in [-0.39, 0.29) is 18.9 Å². The summed E-state index contributed by atoms with van der Waals surface area (Å²) in [5.74, 6) is -0.760. The Morgan fingerprint density at radius 1 is 1.11 bits per heavy atom. The van der Waals surface area contributed by atoms with Crippen LogP contribution in [0.3, 0.4) is 0 Å². The summed E-state index contributed by atoms with van der Waals surface area (Å²) in [7, 11) is 0. The number of thiazole rings is 1. The lowest BCUT2D eigenvalue weighted by Gasteiger charge is -2.11. The maximum Gasteiger partial charge on any atom is 0.306 e. The minimum absolute atomic E-state index is 0.0350. The van der Waals surface area contributed by atoms with Crippen molar-refractivity contribution in [2.24, 2.45) is 0 Å². The van der Waals surface area contributed by atoms with Gasteiger partial charge in [-0.3, -0.25) is 14.9 Å². The first-order valence-corrected chi connectivity index (χ1v) is 9.92. The highest BCUT2D eigenvalue weighted by molar-refractivity contribution is 7.14. The van der Waals surface area contributed by atoms with Gasteiger partial charge in [0.05, 0.1) is 12.1 Å². The van der Waals surface area contributed by atoms with Crippen molar-refractivity contribution in [1.82, 2.24) is 4.98 Å². The number of hydrogen-bond donors (Lipinski definition) is 1. The van der Waals surface area contributed by atoms with Crippen LogP contribution in [0, 0.1) is 6.92 Å². The molecule has 1 heterocycles. The number of nitrogens with one attached hydrogen (secondary N) is 1. The van der Waals surface area contributed by atoms with Crippen molar-refractivity contribution in [3.63, 3.8) is 0 Å². The van der Waals surface area contributed by atoms with Crippen molar-refractivity contribution in [3.8, 4) is 11.3 Å². The topological polar surface area (TPSA) is 68.3 Å². The highest BCUT2D eigenvalue weighted by atomic mass is 32.1. The lowest BCUT2D eigenvalue weighted by molar-refractivity contribution is -0.147. The zero-order chi connectivity index (χ0) is 19.9. The van der Waals surface area contributed by atoms with Crippen molar-refractivity contribution in [1.29, 1.82) is 0 Å². The molecule has 1 atom stereocenters. The van der Waals surface area contributed by atoms with E-state index in [1.165, 1.54) is 16.9 Å². The zero-order valence-electron chi connectivity index (χ0n) is 15.8. The number of aromatic nitrogens is 1. The molecule has 6 heteroatoms. The number of esters is 1. The predicted octanol–water partition coefficient (Wildman–Crippen LogP) is 4.79. The monoisotopic (exact) mass is 394 g/mol. The van der Waals surface area contributed by atoms with Crippen LogP contribution in [0.1, 0.15) is 30.4 Å². The average Bonchev–Trinajstić information content (AvgIpc) is 3.16. The molecule has 0 saturated carbocycles. The van der Waals surface area contributed by atoms with Crippen LogP contribution in [0.5, 0.6) is 0 Å². The maximum absolute atomic E-state index is 12.0. The first kappa shape index (κ1) is 19.8. The molecule has 3 rings (SSSR count). The van der Waals surface area contributed by atoms with E-state index in [2.05, 4.69) is 10.3 Å². The molecule has 144 valence electrons. The van der Waals surface area contributed by atoms with Crippen LogP contribution < -0.4 is 5.32 Å². The maximum atomic E-state index is 12.0. The normalized spacial score (nSPS) is 11.6. The molecule has 0 bridgehead atoms. The first-order valence-electron chi connectivity index (χ1n) is 9.04. The molecular weight excluding hydrogens is 372 g/mol. The molecular formula is C22H22N2O3S. The molecule has 3 aromatic rings. The van der Waals surface area contributed by atoms with Gasteiger partial charge in [-0.25, -0.2) is 4.98 Å². The van der Waals surface area contributed by atoms with Gasteiger partial charge in [-0.05, 0) is 18.4 Å². The second-order valence-electron chi connectivity index (χ2n) is 6.63. The number of ether oxygens (including phenoxy) is 1. The van der Waals surface area contributed by atoms with Crippen molar-refractivity contribution in [2.45, 2.75) is 26.2 Å². The Labute approximate surface area is 168 Å². The molecule has 0 spiro atoms. The molecule has 5 nitrogen and oxygen atoms in total. The summed E-state index contributed by atoms with van der Waals surface area (Å²) in [6, 6.07) is 17.8. The molecule has 0 aliphatic carbocycles. The van der Waals surface area contributed by atoms with Crippen molar-refractivity contribution in [2.75, 3.05) is 11.9 Å². The van der Waals surface area contributed by atoms with Gasteiger partial charge in [0.25, 0.3) is 5.91 Å². The molecule has 2 aromatic carbocycles. The Kier molecular flexibility index (Phi) is 6.55. The van der Waals surface area contributed by atoms with E-state index in [0.717, 1.165) is 16.8 Å². The van der Waals surface area contributed by atoms with E-state index in [1.807, 2.05) is 73.8 Å². The Bertz CT molecular complexity index is 936. The van der Waals surface area contributed by atoms with Crippen LogP contribution >= 0.6 is 11.3 Å². The van der Waals surface area contributed by atoms with Gasteiger partial charge in [-0.1, -0.05) is 67.1 Å². The van der Waals surface area contributed by atoms with E-state index < -0.39 is 11.9 Å². The van der Waals surface area contributed by atoms with Crippen molar-refractivity contribution in [3.05, 3.63) is 71.1 Å². The molecule has 0 unspecified atom stereocenters. The summed E-state index contributed by atoms with van der Waals surface area (Å²) >= 11 is 1.34. The molecule has 1 N–H and O–H groups in total. The van der Waals surface area contributed by atoms with Gasteiger partial charge in [-0.15, -0.1) is 11.3 Å². The summed E-state index contributed by atoms with van der Waals surface area (Å²) in [6.45, 7) is 3.66. The Morgan fingerprint density at radius 3 is 2.54 bits per heavy atom. The Hall–Kier alpha value is -2.99. The van der Waals surface area contributed by atoms with Gasteiger partial charge < -0.3 is 4.74 Å². The van der Waals surface area contributed by atoms with E-state index in [1.54, 1.807) is 0 Å². The second kappa shape index (κ2) is 9.28. The smallest absolute Gasteiger partial charge is 0.306 e. The minimum atomic E-state index is -0.398. The van der Waals surface area contributed by atoms with Crippen LogP contribution in [0.25, 0.3) is 11.3 Å². The summed E-state index contributed by atoms with van der Waals surface area (Å²) < 4.78 is 5.10. The summed E-state index contributed by atoms with van der Waals surface area (Å²) in [4.78, 5) is 28.4. The standard InChI is InChI=1S/C22H22N2O3S/c1-15-8-10-18(11-9-15)19-14-28-22(23-19)24-20(25)13-27-21(26)12-16(2)17-6-4-3-5-7-17/h3-11,14,16H,12-13H2,1-2H3,(H,23,24,25)/t16-/m1/s1. The van der Waals surface area contributed by atoms with Gasteiger partial charge in [0, 0.05) is 10.9 Å². The molecule has 0 saturated heterocycles. The fraction of sp³-hybridized carbons (Fsp3) is 0.227. The van der Waals surface area contributed by atoms with E-state index in [4.69, 9.17) is 4.74 Å². The number of rotatable bonds is 7. The predicted molar refractivity (Wildman–Crippen MR) is 111 cm³/mol. The van der Waals surface area contributed by atoms with Gasteiger partial charge in [-0.2, -0.15) is 0 Å². The Balaban J connectivity index is 1.47. The summed E-state index contributed by atoms with van der Waals surface area (Å²) in [6.07, 6.45) is 0.228. The second-order valence-corrected chi connectivity index (χ2v) is 7.49. The fourth-order valence-electron chi connectivity index (χ4n) is 2.70. The molecule has 0 aliphatic heterocycles. The molecule has 1 aromatic heterocycles. The van der Waals surface area contributed by atoms with E-state index >= 15 is 0 Å². The fourth-order valence-corrected chi connectivity index (χ4v) is 3.43. The summed E-state index contributed by atoms with van der Waals surface area (Å²) in [5.41, 5.74) is 4.03. The number of aryl methyl sites for hydroxylation is 1. The number of carbonyl (C=O) groups is 2. The third kappa shape index (κ3) is 5.50. The number of hydrogen-bond acceptors (Lipinski definition) is 5. The number of anilines is 1. The van der Waals surface area contributed by atoms with Gasteiger partial charge in [0.15, 0.2) is 11.7 Å². The van der Waals surface area contributed by atoms with Crippen LogP contribution in [0.4, 0.5) is 5.13 Å². The van der Waals surface area contributed by atoms with Crippen LogP contribution in [0.15, 0.2) is 60.0 Å². The highest BCUT2D eigenvalue weighted by Gasteiger charge is 2.14.